The molecule has 2 aromatic heterocycles. The van der Waals surface area contributed by atoms with Gasteiger partial charge in [0.15, 0.2) is 10.8 Å². The zero-order valence-corrected chi connectivity index (χ0v) is 15.1. The Labute approximate surface area is 148 Å². The van der Waals surface area contributed by atoms with E-state index in [9.17, 15) is 14.0 Å². The summed E-state index contributed by atoms with van der Waals surface area (Å²) in [6.45, 7) is 4.77. The molecule has 1 amide bonds. The molecule has 10 heteroatoms. The van der Waals surface area contributed by atoms with Crippen LogP contribution in [0, 0.1) is 0 Å². The first-order chi connectivity index (χ1) is 11.6. The predicted octanol–water partition coefficient (Wildman–Crippen LogP) is 2.16. The predicted molar refractivity (Wildman–Crippen MR) is 91.2 cm³/mol. The van der Waals surface area contributed by atoms with Crippen LogP contribution in [0.3, 0.4) is 0 Å². The molecule has 0 saturated heterocycles. The minimum absolute atomic E-state index is 0.0734. The van der Waals surface area contributed by atoms with Gasteiger partial charge in [0.1, 0.15) is 23.3 Å². The summed E-state index contributed by atoms with van der Waals surface area (Å²) in [5.74, 6) is -0.611. The minimum Gasteiger partial charge on any atom is -0.444 e. The number of allylic oxidation sites excluding steroid dienone is 1. The number of alkyl carbamates (subject to hydrolysis) is 1. The summed E-state index contributed by atoms with van der Waals surface area (Å²) < 4.78 is 21.6. The van der Waals surface area contributed by atoms with Crippen LogP contribution in [-0.2, 0) is 18.3 Å². The molecule has 136 valence electrons. The Morgan fingerprint density at radius 2 is 2.12 bits per heavy atom. The third-order valence-electron chi connectivity index (χ3n) is 3.15. The average Bonchev–Trinajstić information content (AvgIpc) is 2.71. The normalized spacial score (nSPS) is 12.5. The van der Waals surface area contributed by atoms with E-state index in [0.717, 1.165) is 10.6 Å². The molecule has 0 aliphatic heterocycles. The summed E-state index contributed by atoms with van der Waals surface area (Å²) in [6, 6.07) is 0. The summed E-state index contributed by atoms with van der Waals surface area (Å²) in [5, 5.41) is 2.52. The van der Waals surface area contributed by atoms with Crippen molar-refractivity contribution < 1.29 is 13.9 Å². The zero-order chi connectivity index (χ0) is 18.8. The number of nitrogens with one attached hydrogen (secondary N) is 1. The van der Waals surface area contributed by atoms with Gasteiger partial charge in [-0.15, -0.1) is 0 Å². The van der Waals surface area contributed by atoms with Crippen LogP contribution >= 0.6 is 11.6 Å². The third-order valence-corrected chi connectivity index (χ3v) is 3.42. The van der Waals surface area contributed by atoms with Crippen LogP contribution in [0.15, 0.2) is 23.0 Å². The Kier molecular flexibility index (Phi) is 5.46. The van der Waals surface area contributed by atoms with Crippen LogP contribution in [0.1, 0.15) is 20.8 Å². The van der Waals surface area contributed by atoms with E-state index in [1.54, 1.807) is 20.8 Å². The lowest BCUT2D eigenvalue weighted by molar-refractivity contribution is 0.0534. The molecule has 0 aliphatic rings. The summed E-state index contributed by atoms with van der Waals surface area (Å²) in [4.78, 5) is 31.5. The van der Waals surface area contributed by atoms with Crippen molar-refractivity contribution >= 4 is 28.9 Å². The second-order valence-corrected chi connectivity index (χ2v) is 6.66. The molecular weight excluding hydrogens is 353 g/mol. The largest absolute Gasteiger partial charge is 0.444 e. The van der Waals surface area contributed by atoms with Gasteiger partial charge in [0.25, 0.3) is 0 Å². The van der Waals surface area contributed by atoms with Gasteiger partial charge in [0, 0.05) is 13.6 Å². The van der Waals surface area contributed by atoms with Gasteiger partial charge in [-0.25, -0.2) is 23.9 Å². The fourth-order valence-corrected chi connectivity index (χ4v) is 2.37. The number of nitrogens with zero attached hydrogens (tertiary/aromatic N) is 4. The molecule has 2 rings (SSSR count). The first-order valence-electron chi connectivity index (χ1n) is 7.47. The number of ether oxygens (including phenoxy) is 1. The maximum Gasteiger partial charge on any atom is 0.407 e. The highest BCUT2D eigenvalue weighted by atomic mass is 35.5. The zero-order valence-electron chi connectivity index (χ0n) is 14.3. The molecule has 25 heavy (non-hydrogen) atoms. The maximum atomic E-state index is 14.1. The Morgan fingerprint density at radius 1 is 1.44 bits per heavy atom. The van der Waals surface area contributed by atoms with Crippen LogP contribution in [0.2, 0.25) is 5.15 Å². The molecule has 2 aromatic rings. The molecule has 1 N–H and O–H groups in total. The standard InChI is InChI=1S/C15H19ClFN5O3/c1-15(2,3)25-13(23)18-6-5-9(17)7-22-12-10(21(4)14(22)24)11(16)19-8-20-12/h5,8H,6-7H2,1-4H3,(H,18,23)/b9-5-. The molecule has 0 bridgehead atoms. The summed E-state index contributed by atoms with van der Waals surface area (Å²) in [5.41, 5.74) is -0.548. The van der Waals surface area contributed by atoms with Gasteiger partial charge >= 0.3 is 11.8 Å². The van der Waals surface area contributed by atoms with E-state index < -0.39 is 23.2 Å². The highest BCUT2D eigenvalue weighted by Gasteiger charge is 2.17. The van der Waals surface area contributed by atoms with Gasteiger partial charge < -0.3 is 10.1 Å². The highest BCUT2D eigenvalue weighted by molar-refractivity contribution is 6.33. The second-order valence-electron chi connectivity index (χ2n) is 6.30. The Morgan fingerprint density at radius 3 is 2.76 bits per heavy atom. The summed E-state index contributed by atoms with van der Waals surface area (Å²) in [6.07, 6.45) is 1.70. The molecular formula is C15H19ClFN5O3. The highest BCUT2D eigenvalue weighted by Crippen LogP contribution is 2.18. The van der Waals surface area contributed by atoms with Crippen molar-refractivity contribution in [3.05, 3.63) is 33.9 Å². The molecule has 0 atom stereocenters. The van der Waals surface area contributed by atoms with E-state index in [-0.39, 0.29) is 23.9 Å². The van der Waals surface area contributed by atoms with E-state index in [2.05, 4.69) is 15.3 Å². The smallest absolute Gasteiger partial charge is 0.407 e. The van der Waals surface area contributed by atoms with E-state index >= 15 is 0 Å². The van der Waals surface area contributed by atoms with Crippen molar-refractivity contribution in [2.75, 3.05) is 6.54 Å². The van der Waals surface area contributed by atoms with Gasteiger partial charge in [0.2, 0.25) is 0 Å². The van der Waals surface area contributed by atoms with E-state index in [1.165, 1.54) is 17.9 Å². The first-order valence-corrected chi connectivity index (χ1v) is 7.85. The van der Waals surface area contributed by atoms with E-state index in [1.807, 2.05) is 0 Å². The number of amides is 1. The lowest BCUT2D eigenvalue weighted by Gasteiger charge is -2.19. The number of aryl methyl sites for hydroxylation is 1. The number of fused-ring (bicyclic) bond motifs is 1. The van der Waals surface area contributed by atoms with Gasteiger partial charge in [-0.05, 0) is 26.8 Å². The monoisotopic (exact) mass is 371 g/mol. The van der Waals surface area contributed by atoms with Crippen molar-refractivity contribution in [1.82, 2.24) is 24.4 Å². The fraction of sp³-hybridized carbons (Fsp3) is 0.467. The molecule has 0 saturated carbocycles. The molecule has 8 nitrogen and oxygen atoms in total. The topological polar surface area (TPSA) is 91.0 Å². The van der Waals surface area contributed by atoms with Crippen LogP contribution < -0.4 is 11.0 Å². The molecule has 0 aliphatic carbocycles. The number of aromatic nitrogens is 4. The summed E-state index contributed by atoms with van der Waals surface area (Å²) in [7, 11) is 1.50. The molecule has 0 radical (unpaired) electrons. The maximum absolute atomic E-state index is 14.1. The van der Waals surface area contributed by atoms with Crippen molar-refractivity contribution in [3.63, 3.8) is 0 Å². The number of carbonyl (C=O) groups excluding carboxylic acids is 1. The van der Waals surface area contributed by atoms with E-state index in [4.69, 9.17) is 16.3 Å². The number of imidazole rings is 1. The van der Waals surface area contributed by atoms with Crippen molar-refractivity contribution in [2.45, 2.75) is 32.9 Å². The lowest BCUT2D eigenvalue weighted by Crippen LogP contribution is -2.32. The minimum atomic E-state index is -0.654. The van der Waals surface area contributed by atoms with Gasteiger partial charge in [-0.1, -0.05) is 11.6 Å². The second kappa shape index (κ2) is 7.22. The molecule has 0 spiro atoms. The molecule has 0 fully saturated rings. The van der Waals surface area contributed by atoms with Gasteiger partial charge in [0.05, 0.1) is 6.54 Å². The van der Waals surface area contributed by atoms with Crippen LogP contribution in [0.25, 0.3) is 11.2 Å². The number of hydrogen-bond donors (Lipinski definition) is 1. The van der Waals surface area contributed by atoms with Crippen LogP contribution in [-0.4, -0.2) is 37.3 Å². The van der Waals surface area contributed by atoms with Crippen molar-refractivity contribution in [1.29, 1.82) is 0 Å². The van der Waals surface area contributed by atoms with Crippen molar-refractivity contribution in [2.24, 2.45) is 7.05 Å². The number of carbonyl (C=O) groups is 1. The quantitative estimate of drug-likeness (QED) is 0.831. The van der Waals surface area contributed by atoms with Crippen molar-refractivity contribution in [3.8, 4) is 0 Å². The van der Waals surface area contributed by atoms with Gasteiger partial charge in [-0.3, -0.25) is 9.13 Å². The fourth-order valence-electron chi connectivity index (χ4n) is 2.12. The molecule has 2 heterocycles. The number of hydrogen-bond acceptors (Lipinski definition) is 5. The first kappa shape index (κ1) is 18.9. The van der Waals surface area contributed by atoms with Crippen LogP contribution in [0.5, 0.6) is 0 Å². The molecule has 0 unspecified atom stereocenters. The summed E-state index contributed by atoms with van der Waals surface area (Å²) >= 11 is 5.96. The number of rotatable bonds is 4. The average molecular weight is 372 g/mol. The van der Waals surface area contributed by atoms with Crippen LogP contribution in [0.4, 0.5) is 9.18 Å². The Bertz CT molecular complexity index is 882. The Balaban J connectivity index is 2.11. The number of halogens is 2. The van der Waals surface area contributed by atoms with E-state index in [0.29, 0.717) is 5.52 Å². The van der Waals surface area contributed by atoms with Gasteiger partial charge in [-0.2, -0.15) is 0 Å². The SMILES string of the molecule is Cn1c(=O)n(C/C(F)=C/CNC(=O)OC(C)(C)C)c2ncnc(Cl)c21. The lowest BCUT2D eigenvalue weighted by atomic mass is 10.2. The Hall–Kier alpha value is -2.42. The third kappa shape index (κ3) is 4.56. The molecule has 0 aromatic carbocycles.